The molecule has 2 atom stereocenters. The zero-order valence-corrected chi connectivity index (χ0v) is 13.3. The topological polar surface area (TPSA) is 76.0 Å². The Labute approximate surface area is 129 Å². The number of nitrogens with zero attached hydrogens (tertiary/aromatic N) is 4. The Morgan fingerprint density at radius 1 is 1.55 bits per heavy atom. The molecule has 7 heteroatoms. The first-order chi connectivity index (χ1) is 10.5. The number of rotatable bonds is 3. The van der Waals surface area contributed by atoms with Gasteiger partial charge in [-0.25, -0.2) is 0 Å². The molecule has 2 aromatic heterocycles. The molecule has 22 heavy (non-hydrogen) atoms. The monoisotopic (exact) mass is 303 g/mol. The summed E-state index contributed by atoms with van der Waals surface area (Å²) in [5.41, 5.74) is 3.24. The second-order valence-electron chi connectivity index (χ2n) is 5.90. The lowest BCUT2D eigenvalue weighted by atomic mass is 9.99. The first-order valence-electron chi connectivity index (χ1n) is 7.42. The highest BCUT2D eigenvalue weighted by molar-refractivity contribution is 5.93. The normalized spacial score (nSPS) is 20.7. The van der Waals surface area contributed by atoms with Gasteiger partial charge in [0, 0.05) is 32.3 Å². The minimum atomic E-state index is -0.0931. The largest absolute Gasteiger partial charge is 0.369 e. The minimum Gasteiger partial charge on any atom is -0.369 e. The van der Waals surface area contributed by atoms with Crippen LogP contribution in [0.1, 0.15) is 47.4 Å². The SMILES string of the molecule is C[C@@H]1Cc2c(C(=O)N(C)Cc3ccn(C)n3)n[nH]c2[C@H](C)O1. The van der Waals surface area contributed by atoms with Crippen LogP contribution in [0.2, 0.25) is 0 Å². The van der Waals surface area contributed by atoms with E-state index in [-0.39, 0.29) is 18.1 Å². The van der Waals surface area contributed by atoms with Crippen LogP contribution >= 0.6 is 0 Å². The molecule has 0 spiro atoms. The van der Waals surface area contributed by atoms with Crippen molar-refractivity contribution in [2.75, 3.05) is 7.05 Å². The fraction of sp³-hybridized carbons (Fsp3) is 0.533. The molecule has 0 fully saturated rings. The van der Waals surface area contributed by atoms with Gasteiger partial charge in [-0.1, -0.05) is 0 Å². The van der Waals surface area contributed by atoms with Gasteiger partial charge >= 0.3 is 0 Å². The Kier molecular flexibility index (Phi) is 3.74. The van der Waals surface area contributed by atoms with Crippen molar-refractivity contribution >= 4 is 5.91 Å². The van der Waals surface area contributed by atoms with Crippen LogP contribution in [0.15, 0.2) is 12.3 Å². The van der Waals surface area contributed by atoms with Crippen LogP contribution in [0.3, 0.4) is 0 Å². The molecule has 3 heterocycles. The lowest BCUT2D eigenvalue weighted by molar-refractivity contribution is -0.00701. The first-order valence-corrected chi connectivity index (χ1v) is 7.42. The van der Waals surface area contributed by atoms with E-state index in [4.69, 9.17) is 4.74 Å². The third-order valence-electron chi connectivity index (χ3n) is 3.95. The van der Waals surface area contributed by atoms with Crippen LogP contribution in [-0.2, 0) is 24.8 Å². The summed E-state index contributed by atoms with van der Waals surface area (Å²) >= 11 is 0. The standard InChI is InChI=1S/C15H21N5O2/c1-9-7-12-13(10(2)22-9)16-17-14(12)15(21)19(3)8-11-5-6-20(4)18-11/h5-6,9-10H,7-8H2,1-4H3,(H,16,17)/t9-,10+/m1/s1. The molecule has 1 aliphatic heterocycles. The smallest absolute Gasteiger partial charge is 0.274 e. The first kappa shape index (κ1) is 14.8. The summed E-state index contributed by atoms with van der Waals surface area (Å²) < 4.78 is 7.48. The Morgan fingerprint density at radius 3 is 3.00 bits per heavy atom. The number of H-pyrrole nitrogens is 1. The summed E-state index contributed by atoms with van der Waals surface area (Å²) in [5.74, 6) is -0.0931. The maximum Gasteiger partial charge on any atom is 0.274 e. The minimum absolute atomic E-state index is 0.0612. The van der Waals surface area contributed by atoms with Crippen molar-refractivity contribution in [3.8, 4) is 0 Å². The van der Waals surface area contributed by atoms with E-state index in [1.807, 2.05) is 33.2 Å². The average molecular weight is 303 g/mol. The second kappa shape index (κ2) is 5.57. The van der Waals surface area contributed by atoms with Gasteiger partial charge in [0.25, 0.3) is 5.91 Å². The number of carbonyl (C=O) groups is 1. The maximum atomic E-state index is 12.7. The van der Waals surface area contributed by atoms with E-state index in [9.17, 15) is 4.79 Å². The third kappa shape index (κ3) is 2.64. The highest BCUT2D eigenvalue weighted by Crippen LogP contribution is 2.30. The fourth-order valence-electron chi connectivity index (χ4n) is 2.89. The molecule has 0 saturated heterocycles. The van der Waals surface area contributed by atoms with Gasteiger partial charge in [0.2, 0.25) is 0 Å². The van der Waals surface area contributed by atoms with Gasteiger partial charge in [0.15, 0.2) is 5.69 Å². The van der Waals surface area contributed by atoms with E-state index in [1.54, 1.807) is 16.6 Å². The molecule has 1 N–H and O–H groups in total. The quantitative estimate of drug-likeness (QED) is 0.931. The molecule has 3 rings (SSSR count). The van der Waals surface area contributed by atoms with Crippen molar-refractivity contribution < 1.29 is 9.53 Å². The van der Waals surface area contributed by atoms with Gasteiger partial charge in [-0.05, 0) is 19.9 Å². The zero-order chi connectivity index (χ0) is 15.9. The summed E-state index contributed by atoms with van der Waals surface area (Å²) in [7, 11) is 3.63. The summed E-state index contributed by atoms with van der Waals surface area (Å²) in [6.07, 6.45) is 2.60. The Bertz CT molecular complexity index is 690. The molecule has 1 amide bonds. The molecule has 118 valence electrons. The molecule has 0 radical (unpaired) electrons. The molecule has 7 nitrogen and oxygen atoms in total. The number of aromatic amines is 1. The number of hydrogen-bond acceptors (Lipinski definition) is 4. The van der Waals surface area contributed by atoms with Gasteiger partial charge in [-0.3, -0.25) is 14.6 Å². The summed E-state index contributed by atoms with van der Waals surface area (Å²) in [6, 6.07) is 1.90. The van der Waals surface area contributed by atoms with Gasteiger partial charge in [-0.15, -0.1) is 0 Å². The lowest BCUT2D eigenvalue weighted by Crippen LogP contribution is -2.29. The molecule has 1 aliphatic rings. The highest BCUT2D eigenvalue weighted by Gasteiger charge is 2.30. The van der Waals surface area contributed by atoms with Crippen molar-refractivity contribution in [1.29, 1.82) is 0 Å². The summed E-state index contributed by atoms with van der Waals surface area (Å²) in [4.78, 5) is 14.3. The van der Waals surface area contributed by atoms with E-state index in [1.165, 1.54) is 0 Å². The molecule has 0 saturated carbocycles. The van der Waals surface area contributed by atoms with Gasteiger partial charge < -0.3 is 9.64 Å². The maximum absolute atomic E-state index is 12.7. The number of carbonyl (C=O) groups excluding carboxylic acids is 1. The number of fused-ring (bicyclic) bond motifs is 1. The van der Waals surface area contributed by atoms with Gasteiger partial charge in [0.05, 0.1) is 30.1 Å². The second-order valence-corrected chi connectivity index (χ2v) is 5.90. The number of amides is 1. The Morgan fingerprint density at radius 2 is 2.32 bits per heavy atom. The summed E-state index contributed by atoms with van der Waals surface area (Å²) in [6.45, 7) is 4.44. The van der Waals surface area contributed by atoms with Crippen LogP contribution in [0, 0.1) is 0 Å². The van der Waals surface area contributed by atoms with E-state index < -0.39 is 0 Å². The number of aryl methyl sites for hydroxylation is 1. The number of hydrogen-bond donors (Lipinski definition) is 1. The Hall–Kier alpha value is -2.15. The van der Waals surface area contributed by atoms with Crippen LogP contribution in [-0.4, -0.2) is 43.9 Å². The Balaban J connectivity index is 1.80. The lowest BCUT2D eigenvalue weighted by Gasteiger charge is -2.25. The predicted molar refractivity (Wildman–Crippen MR) is 80.3 cm³/mol. The van der Waals surface area contributed by atoms with Crippen LogP contribution in [0.25, 0.3) is 0 Å². The molecular formula is C15H21N5O2. The number of nitrogens with one attached hydrogen (secondary N) is 1. The van der Waals surface area contributed by atoms with Crippen molar-refractivity contribution in [1.82, 2.24) is 24.9 Å². The van der Waals surface area contributed by atoms with Crippen molar-refractivity contribution in [2.45, 2.75) is 39.0 Å². The number of aromatic nitrogens is 4. The van der Waals surface area contributed by atoms with Crippen molar-refractivity contribution in [2.24, 2.45) is 7.05 Å². The van der Waals surface area contributed by atoms with Crippen LogP contribution in [0.4, 0.5) is 0 Å². The van der Waals surface area contributed by atoms with E-state index in [2.05, 4.69) is 15.3 Å². The van der Waals surface area contributed by atoms with Gasteiger partial charge in [0.1, 0.15) is 0 Å². The fourth-order valence-corrected chi connectivity index (χ4v) is 2.89. The third-order valence-corrected chi connectivity index (χ3v) is 3.95. The predicted octanol–water partition coefficient (Wildman–Crippen LogP) is 1.44. The van der Waals surface area contributed by atoms with E-state index in [0.29, 0.717) is 18.7 Å². The van der Waals surface area contributed by atoms with E-state index >= 15 is 0 Å². The molecule has 0 bridgehead atoms. The van der Waals surface area contributed by atoms with Crippen molar-refractivity contribution in [3.05, 3.63) is 34.9 Å². The highest BCUT2D eigenvalue weighted by atomic mass is 16.5. The van der Waals surface area contributed by atoms with Crippen molar-refractivity contribution in [3.63, 3.8) is 0 Å². The van der Waals surface area contributed by atoms with Crippen LogP contribution < -0.4 is 0 Å². The molecule has 0 aromatic carbocycles. The number of ether oxygens (including phenoxy) is 1. The van der Waals surface area contributed by atoms with E-state index in [0.717, 1.165) is 17.0 Å². The molecular weight excluding hydrogens is 282 g/mol. The average Bonchev–Trinajstić information content (AvgIpc) is 3.04. The summed E-state index contributed by atoms with van der Waals surface area (Å²) in [5, 5.41) is 11.5. The zero-order valence-electron chi connectivity index (χ0n) is 13.3. The van der Waals surface area contributed by atoms with Gasteiger partial charge in [-0.2, -0.15) is 10.2 Å². The molecule has 0 unspecified atom stereocenters. The van der Waals surface area contributed by atoms with Crippen LogP contribution in [0.5, 0.6) is 0 Å². The molecule has 2 aromatic rings. The molecule has 0 aliphatic carbocycles.